The van der Waals surface area contributed by atoms with Gasteiger partial charge in [-0.2, -0.15) is 0 Å². The molecule has 0 aliphatic carbocycles. The van der Waals surface area contributed by atoms with Crippen molar-refractivity contribution in [3.63, 3.8) is 0 Å². The average molecular weight is 776 g/mol. The van der Waals surface area contributed by atoms with E-state index < -0.39 is 26.5 Å². The first-order chi connectivity index (χ1) is 25.7. The molecule has 0 spiro atoms. The number of phosphoric ester groups is 1. The predicted octanol–water partition coefficient (Wildman–Crippen LogP) is 12.7. The SMILES string of the molecule is CCCCCCCCCCCCCCCCCCCC(=O)OC(COC(=O)CCCCCCCCCCCCCCC)COP(=O)(O)OCCN(C)C. The van der Waals surface area contributed by atoms with Crippen LogP contribution in [0.3, 0.4) is 0 Å². The van der Waals surface area contributed by atoms with Crippen LogP contribution in [0.4, 0.5) is 0 Å². The number of hydrogen-bond acceptors (Lipinski definition) is 8. The van der Waals surface area contributed by atoms with Gasteiger partial charge in [0.05, 0.1) is 13.2 Å². The number of likely N-dealkylation sites (N-methyl/N-ethyl adjacent to an activating group) is 1. The van der Waals surface area contributed by atoms with Gasteiger partial charge in [-0.05, 0) is 26.9 Å². The molecule has 0 aliphatic heterocycles. The first kappa shape index (κ1) is 52.0. The van der Waals surface area contributed by atoms with Gasteiger partial charge in [0.15, 0.2) is 6.10 Å². The van der Waals surface area contributed by atoms with E-state index in [1.54, 1.807) is 0 Å². The standard InChI is InChI=1S/C43H86NO8P/c1-5-7-9-11-13-15-17-19-20-21-22-24-26-28-30-32-34-36-43(46)52-41(40-51-53(47,48)50-38-37-44(3)4)39-49-42(45)35-33-31-29-27-25-23-18-16-14-12-10-8-6-2/h41H,5-40H2,1-4H3,(H,47,48). The number of rotatable bonds is 42. The Kier molecular flexibility index (Phi) is 38.5. The Bertz CT molecular complexity index is 858. The molecule has 1 N–H and O–H groups in total. The highest BCUT2D eigenvalue weighted by atomic mass is 31.2. The Morgan fingerprint density at radius 1 is 0.509 bits per heavy atom. The second-order valence-corrected chi connectivity index (χ2v) is 17.0. The largest absolute Gasteiger partial charge is 0.472 e. The number of nitrogens with zero attached hydrogens (tertiary/aromatic N) is 1. The molecule has 0 radical (unpaired) electrons. The van der Waals surface area contributed by atoms with Gasteiger partial charge in [-0.15, -0.1) is 0 Å². The molecular formula is C43H86NO8P. The third-order valence-electron chi connectivity index (χ3n) is 9.91. The summed E-state index contributed by atoms with van der Waals surface area (Å²) >= 11 is 0. The Labute approximate surface area is 327 Å². The molecule has 0 rings (SSSR count). The van der Waals surface area contributed by atoms with Gasteiger partial charge >= 0.3 is 19.8 Å². The third kappa shape index (κ3) is 40.5. The van der Waals surface area contributed by atoms with Crippen molar-refractivity contribution in [3.05, 3.63) is 0 Å². The summed E-state index contributed by atoms with van der Waals surface area (Å²) in [5.41, 5.74) is 0. The van der Waals surface area contributed by atoms with Crippen LogP contribution in [0.15, 0.2) is 0 Å². The van der Waals surface area contributed by atoms with Crippen molar-refractivity contribution in [3.8, 4) is 0 Å². The minimum atomic E-state index is -4.35. The van der Waals surface area contributed by atoms with Gasteiger partial charge in [-0.1, -0.05) is 194 Å². The van der Waals surface area contributed by atoms with E-state index in [4.69, 9.17) is 18.5 Å². The van der Waals surface area contributed by atoms with Gasteiger partial charge in [0.1, 0.15) is 6.61 Å². The number of esters is 2. The van der Waals surface area contributed by atoms with E-state index in [-0.39, 0.29) is 25.6 Å². The predicted molar refractivity (Wildman–Crippen MR) is 220 cm³/mol. The van der Waals surface area contributed by atoms with Crippen LogP contribution >= 0.6 is 7.82 Å². The fourth-order valence-corrected chi connectivity index (χ4v) is 7.20. The molecule has 10 heteroatoms. The molecule has 0 bridgehead atoms. The fourth-order valence-electron chi connectivity index (χ4n) is 6.45. The second kappa shape index (κ2) is 39.3. The van der Waals surface area contributed by atoms with Crippen molar-refractivity contribution >= 4 is 19.8 Å². The first-order valence-corrected chi connectivity index (χ1v) is 23.8. The lowest BCUT2D eigenvalue weighted by Crippen LogP contribution is -2.29. The highest BCUT2D eigenvalue weighted by Crippen LogP contribution is 2.43. The number of ether oxygens (including phenoxy) is 2. The quantitative estimate of drug-likeness (QED) is 0.0368. The molecule has 316 valence electrons. The number of hydrogen-bond donors (Lipinski definition) is 1. The molecule has 0 saturated heterocycles. The molecule has 0 saturated carbocycles. The zero-order valence-electron chi connectivity index (χ0n) is 35.2. The lowest BCUT2D eigenvalue weighted by molar-refractivity contribution is -0.161. The molecule has 0 aromatic heterocycles. The van der Waals surface area contributed by atoms with E-state index in [1.165, 1.54) is 154 Å². The highest BCUT2D eigenvalue weighted by Gasteiger charge is 2.26. The van der Waals surface area contributed by atoms with Crippen LogP contribution in [0, 0.1) is 0 Å². The second-order valence-electron chi connectivity index (χ2n) is 15.6. The van der Waals surface area contributed by atoms with Crippen molar-refractivity contribution in [2.45, 2.75) is 225 Å². The Morgan fingerprint density at radius 2 is 0.849 bits per heavy atom. The molecule has 0 aromatic carbocycles. The molecule has 0 heterocycles. The van der Waals surface area contributed by atoms with E-state index in [0.717, 1.165) is 38.5 Å². The van der Waals surface area contributed by atoms with E-state index in [2.05, 4.69) is 13.8 Å². The molecule has 53 heavy (non-hydrogen) atoms. The number of carbonyl (C=O) groups excluding carboxylic acids is 2. The van der Waals surface area contributed by atoms with Crippen molar-refractivity contribution in [1.82, 2.24) is 4.90 Å². The average Bonchev–Trinajstić information content (AvgIpc) is 3.12. The summed E-state index contributed by atoms with van der Waals surface area (Å²) in [5.74, 6) is -0.787. The summed E-state index contributed by atoms with van der Waals surface area (Å²) in [6.45, 7) is 4.36. The molecule has 2 unspecified atom stereocenters. The highest BCUT2D eigenvalue weighted by molar-refractivity contribution is 7.47. The van der Waals surface area contributed by atoms with Crippen molar-refractivity contribution in [2.24, 2.45) is 0 Å². The van der Waals surface area contributed by atoms with Crippen LogP contribution in [-0.4, -0.2) is 68.3 Å². The van der Waals surface area contributed by atoms with E-state index in [1.807, 2.05) is 19.0 Å². The van der Waals surface area contributed by atoms with Crippen molar-refractivity contribution in [2.75, 3.05) is 40.5 Å². The zero-order valence-corrected chi connectivity index (χ0v) is 36.1. The van der Waals surface area contributed by atoms with E-state index in [0.29, 0.717) is 13.0 Å². The summed E-state index contributed by atoms with van der Waals surface area (Å²) in [5, 5.41) is 0. The maximum atomic E-state index is 12.7. The zero-order chi connectivity index (χ0) is 39.1. The minimum absolute atomic E-state index is 0.0126. The van der Waals surface area contributed by atoms with E-state index in [9.17, 15) is 19.0 Å². The molecule has 0 aromatic rings. The maximum absolute atomic E-state index is 12.7. The fraction of sp³-hybridized carbons (Fsp3) is 0.953. The lowest BCUT2D eigenvalue weighted by atomic mass is 10.0. The first-order valence-electron chi connectivity index (χ1n) is 22.3. The topological polar surface area (TPSA) is 112 Å². The van der Waals surface area contributed by atoms with Crippen LogP contribution in [0.5, 0.6) is 0 Å². The lowest BCUT2D eigenvalue weighted by Gasteiger charge is -2.20. The summed E-state index contributed by atoms with van der Waals surface area (Å²) in [6, 6.07) is 0. The Morgan fingerprint density at radius 3 is 1.21 bits per heavy atom. The van der Waals surface area contributed by atoms with Crippen LogP contribution in [-0.2, 0) is 32.7 Å². The molecule has 0 amide bonds. The Hall–Kier alpha value is -0.990. The van der Waals surface area contributed by atoms with Gasteiger partial charge in [0.2, 0.25) is 0 Å². The third-order valence-corrected chi connectivity index (χ3v) is 10.9. The van der Waals surface area contributed by atoms with Crippen LogP contribution in [0.1, 0.15) is 219 Å². The van der Waals surface area contributed by atoms with Gasteiger partial charge in [0.25, 0.3) is 0 Å². The van der Waals surface area contributed by atoms with Crippen molar-refractivity contribution in [1.29, 1.82) is 0 Å². The number of unbranched alkanes of at least 4 members (excludes halogenated alkanes) is 28. The molecule has 0 aliphatic rings. The van der Waals surface area contributed by atoms with Crippen LogP contribution in [0.25, 0.3) is 0 Å². The van der Waals surface area contributed by atoms with Crippen LogP contribution < -0.4 is 0 Å². The molecule has 2 atom stereocenters. The van der Waals surface area contributed by atoms with Gasteiger partial charge in [0, 0.05) is 19.4 Å². The molecule has 0 fully saturated rings. The van der Waals surface area contributed by atoms with E-state index >= 15 is 0 Å². The number of phosphoric acid groups is 1. The molecular weight excluding hydrogens is 689 g/mol. The number of carbonyl (C=O) groups is 2. The smallest absolute Gasteiger partial charge is 0.462 e. The maximum Gasteiger partial charge on any atom is 0.472 e. The summed E-state index contributed by atoms with van der Waals surface area (Å²) in [6.07, 6.45) is 37.1. The normalized spacial score (nSPS) is 13.3. The minimum Gasteiger partial charge on any atom is -0.462 e. The summed E-state index contributed by atoms with van der Waals surface area (Å²) in [4.78, 5) is 37.0. The summed E-state index contributed by atoms with van der Waals surface area (Å²) in [7, 11) is -0.696. The monoisotopic (exact) mass is 776 g/mol. The van der Waals surface area contributed by atoms with Crippen LogP contribution in [0.2, 0.25) is 0 Å². The molecule has 9 nitrogen and oxygen atoms in total. The van der Waals surface area contributed by atoms with Gasteiger partial charge in [-0.25, -0.2) is 4.57 Å². The van der Waals surface area contributed by atoms with Gasteiger partial charge in [-0.3, -0.25) is 18.6 Å². The Balaban J connectivity index is 4.22. The van der Waals surface area contributed by atoms with Crippen molar-refractivity contribution < 1.29 is 37.6 Å². The van der Waals surface area contributed by atoms with Gasteiger partial charge < -0.3 is 19.3 Å². The summed E-state index contributed by atoms with van der Waals surface area (Å²) < 4.78 is 33.5.